The molecule has 0 bridgehead atoms. The van der Waals surface area contributed by atoms with E-state index in [2.05, 4.69) is 22.0 Å². The van der Waals surface area contributed by atoms with Gasteiger partial charge < -0.3 is 10.2 Å². The van der Waals surface area contributed by atoms with Gasteiger partial charge in [-0.3, -0.25) is 9.69 Å². The summed E-state index contributed by atoms with van der Waals surface area (Å²) in [4.78, 5) is 17.2. The first kappa shape index (κ1) is 14.8. The number of piperidine rings is 1. The van der Waals surface area contributed by atoms with Gasteiger partial charge in [0.15, 0.2) is 0 Å². The number of likely N-dealkylation sites (tertiary alicyclic amines) is 2. The summed E-state index contributed by atoms with van der Waals surface area (Å²) < 4.78 is 0. The molecule has 0 aliphatic carbocycles. The first-order valence-corrected chi connectivity index (χ1v) is 7.93. The zero-order chi connectivity index (χ0) is 13.7. The van der Waals surface area contributed by atoms with Gasteiger partial charge in [-0.2, -0.15) is 0 Å². The highest BCUT2D eigenvalue weighted by Gasteiger charge is 2.34. The molecule has 2 heterocycles. The monoisotopic (exact) mass is 267 g/mol. The standard InChI is InChI=1S/C15H29N3O/c1-3-8-17-9-5-7-14(17)15(19)18-10-4-6-13(12-18)11-16-2/h13-14,16H,3-12H2,1-2H3/t13-,14+/m0/s1. The van der Waals surface area contributed by atoms with E-state index in [1.54, 1.807) is 0 Å². The maximum atomic E-state index is 12.7. The van der Waals surface area contributed by atoms with E-state index < -0.39 is 0 Å². The number of carbonyl (C=O) groups is 1. The fraction of sp³-hybridized carbons (Fsp3) is 0.933. The second kappa shape index (κ2) is 7.25. The summed E-state index contributed by atoms with van der Waals surface area (Å²) >= 11 is 0. The van der Waals surface area contributed by atoms with Crippen molar-refractivity contribution >= 4 is 5.91 Å². The molecule has 2 rings (SSSR count). The maximum Gasteiger partial charge on any atom is 0.239 e. The Labute approximate surface area is 117 Å². The quantitative estimate of drug-likeness (QED) is 0.816. The third-order valence-corrected chi connectivity index (χ3v) is 4.48. The van der Waals surface area contributed by atoms with Gasteiger partial charge in [-0.1, -0.05) is 6.92 Å². The van der Waals surface area contributed by atoms with E-state index in [0.717, 1.165) is 45.6 Å². The van der Waals surface area contributed by atoms with Crippen molar-refractivity contribution in [3.8, 4) is 0 Å². The van der Waals surface area contributed by atoms with E-state index in [4.69, 9.17) is 0 Å². The molecule has 1 amide bonds. The normalized spacial score (nSPS) is 28.8. The van der Waals surface area contributed by atoms with Crippen molar-refractivity contribution in [2.24, 2.45) is 5.92 Å². The predicted molar refractivity (Wildman–Crippen MR) is 78.1 cm³/mol. The van der Waals surface area contributed by atoms with Crippen molar-refractivity contribution in [2.45, 2.75) is 45.1 Å². The smallest absolute Gasteiger partial charge is 0.239 e. The Bertz CT molecular complexity index is 293. The number of nitrogens with zero attached hydrogens (tertiary/aromatic N) is 2. The van der Waals surface area contributed by atoms with Crippen molar-refractivity contribution in [1.29, 1.82) is 0 Å². The Morgan fingerprint density at radius 3 is 2.79 bits per heavy atom. The molecule has 0 unspecified atom stereocenters. The second-order valence-corrected chi connectivity index (χ2v) is 6.04. The van der Waals surface area contributed by atoms with Crippen LogP contribution in [0.25, 0.3) is 0 Å². The SMILES string of the molecule is CCCN1CCC[C@@H]1C(=O)N1CCC[C@@H](CNC)C1. The van der Waals surface area contributed by atoms with Gasteiger partial charge in [0.2, 0.25) is 5.91 Å². The van der Waals surface area contributed by atoms with Crippen molar-refractivity contribution in [3.63, 3.8) is 0 Å². The van der Waals surface area contributed by atoms with Crippen LogP contribution in [0.5, 0.6) is 0 Å². The van der Waals surface area contributed by atoms with Crippen molar-refractivity contribution in [2.75, 3.05) is 39.8 Å². The maximum absolute atomic E-state index is 12.7. The lowest BCUT2D eigenvalue weighted by molar-refractivity contribution is -0.137. The molecule has 2 atom stereocenters. The van der Waals surface area contributed by atoms with E-state index in [0.29, 0.717) is 11.8 Å². The molecule has 0 radical (unpaired) electrons. The summed E-state index contributed by atoms with van der Waals surface area (Å²) in [5, 5.41) is 3.25. The summed E-state index contributed by atoms with van der Waals surface area (Å²) in [5.41, 5.74) is 0. The van der Waals surface area contributed by atoms with Crippen LogP contribution in [0.2, 0.25) is 0 Å². The van der Waals surface area contributed by atoms with E-state index in [9.17, 15) is 4.79 Å². The Kier molecular flexibility index (Phi) is 5.64. The molecular weight excluding hydrogens is 238 g/mol. The Morgan fingerprint density at radius 2 is 2.05 bits per heavy atom. The van der Waals surface area contributed by atoms with Gasteiger partial charge in [0.1, 0.15) is 0 Å². The summed E-state index contributed by atoms with van der Waals surface area (Å²) in [7, 11) is 2.00. The summed E-state index contributed by atoms with van der Waals surface area (Å²) in [6.45, 7) is 7.34. The highest BCUT2D eigenvalue weighted by atomic mass is 16.2. The molecule has 110 valence electrons. The Morgan fingerprint density at radius 1 is 1.26 bits per heavy atom. The predicted octanol–water partition coefficient (Wildman–Crippen LogP) is 1.32. The van der Waals surface area contributed by atoms with E-state index >= 15 is 0 Å². The van der Waals surface area contributed by atoms with Crippen LogP contribution in [0.3, 0.4) is 0 Å². The number of hydrogen-bond acceptors (Lipinski definition) is 3. The van der Waals surface area contributed by atoms with Crippen LogP contribution in [0.4, 0.5) is 0 Å². The minimum atomic E-state index is 0.174. The van der Waals surface area contributed by atoms with E-state index in [-0.39, 0.29) is 6.04 Å². The molecular formula is C15H29N3O. The highest BCUT2D eigenvalue weighted by molar-refractivity contribution is 5.82. The number of carbonyl (C=O) groups excluding carboxylic acids is 1. The van der Waals surface area contributed by atoms with Crippen LogP contribution in [0.1, 0.15) is 39.0 Å². The largest absolute Gasteiger partial charge is 0.341 e. The minimum absolute atomic E-state index is 0.174. The fourth-order valence-electron chi connectivity index (χ4n) is 3.59. The average molecular weight is 267 g/mol. The highest BCUT2D eigenvalue weighted by Crippen LogP contribution is 2.23. The van der Waals surface area contributed by atoms with Gasteiger partial charge in [0.25, 0.3) is 0 Å². The molecule has 2 fully saturated rings. The van der Waals surface area contributed by atoms with Gasteiger partial charge in [-0.25, -0.2) is 0 Å². The Hall–Kier alpha value is -0.610. The zero-order valence-electron chi connectivity index (χ0n) is 12.5. The molecule has 0 aromatic heterocycles. The van der Waals surface area contributed by atoms with Crippen LogP contribution < -0.4 is 5.32 Å². The first-order valence-electron chi connectivity index (χ1n) is 7.93. The molecule has 0 saturated carbocycles. The van der Waals surface area contributed by atoms with Crippen LogP contribution in [-0.2, 0) is 4.79 Å². The van der Waals surface area contributed by atoms with Gasteiger partial charge >= 0.3 is 0 Å². The zero-order valence-corrected chi connectivity index (χ0v) is 12.5. The lowest BCUT2D eigenvalue weighted by atomic mass is 9.97. The molecule has 1 N–H and O–H groups in total. The van der Waals surface area contributed by atoms with Gasteiger partial charge in [0, 0.05) is 13.1 Å². The van der Waals surface area contributed by atoms with E-state index in [1.165, 1.54) is 19.3 Å². The van der Waals surface area contributed by atoms with E-state index in [1.807, 2.05) is 7.05 Å². The third-order valence-electron chi connectivity index (χ3n) is 4.48. The topological polar surface area (TPSA) is 35.6 Å². The van der Waals surface area contributed by atoms with Crippen molar-refractivity contribution in [1.82, 2.24) is 15.1 Å². The second-order valence-electron chi connectivity index (χ2n) is 6.04. The summed E-state index contributed by atoms with van der Waals surface area (Å²) in [6, 6.07) is 0.174. The van der Waals surface area contributed by atoms with Crippen molar-refractivity contribution < 1.29 is 4.79 Å². The number of nitrogens with one attached hydrogen (secondary N) is 1. The molecule has 19 heavy (non-hydrogen) atoms. The number of hydrogen-bond donors (Lipinski definition) is 1. The molecule has 2 aliphatic rings. The van der Waals surface area contributed by atoms with Crippen LogP contribution in [0.15, 0.2) is 0 Å². The third kappa shape index (κ3) is 3.69. The Balaban J connectivity index is 1.91. The number of amides is 1. The van der Waals surface area contributed by atoms with Crippen LogP contribution >= 0.6 is 0 Å². The lowest BCUT2D eigenvalue weighted by Gasteiger charge is -2.36. The first-order chi connectivity index (χ1) is 9.26. The molecule has 4 nitrogen and oxygen atoms in total. The van der Waals surface area contributed by atoms with Crippen molar-refractivity contribution in [3.05, 3.63) is 0 Å². The minimum Gasteiger partial charge on any atom is -0.341 e. The van der Waals surface area contributed by atoms with Crippen LogP contribution in [-0.4, -0.2) is 61.5 Å². The molecule has 4 heteroatoms. The van der Waals surface area contributed by atoms with Gasteiger partial charge in [0.05, 0.1) is 6.04 Å². The summed E-state index contributed by atoms with van der Waals surface area (Å²) in [6.07, 6.45) is 5.81. The summed E-state index contributed by atoms with van der Waals surface area (Å²) in [5.74, 6) is 1.04. The average Bonchev–Trinajstić information content (AvgIpc) is 2.87. The van der Waals surface area contributed by atoms with Gasteiger partial charge in [-0.15, -0.1) is 0 Å². The molecule has 2 aliphatic heterocycles. The molecule has 2 saturated heterocycles. The van der Waals surface area contributed by atoms with Gasteiger partial charge in [-0.05, 0) is 64.7 Å². The van der Waals surface area contributed by atoms with Crippen LogP contribution in [0, 0.1) is 5.92 Å². The molecule has 0 aromatic rings. The fourth-order valence-corrected chi connectivity index (χ4v) is 3.59. The molecule has 0 spiro atoms. The number of rotatable bonds is 5. The lowest BCUT2D eigenvalue weighted by Crippen LogP contribution is -2.50. The molecule has 0 aromatic carbocycles.